The van der Waals surface area contributed by atoms with Crippen molar-refractivity contribution in [3.05, 3.63) is 30.1 Å². The lowest BCUT2D eigenvalue weighted by Gasteiger charge is -2.32. The summed E-state index contributed by atoms with van der Waals surface area (Å²) in [4.78, 5) is 22.9. The number of hydrogen-bond donors (Lipinski definition) is 2. The van der Waals surface area contributed by atoms with Crippen molar-refractivity contribution < 1.29 is 23.8 Å². The zero-order valence-electron chi connectivity index (χ0n) is 12.4. The molecule has 1 saturated carbocycles. The summed E-state index contributed by atoms with van der Waals surface area (Å²) in [5.74, 6) is -2.17. The molecular weight excluding hydrogens is 289 g/mol. The smallest absolute Gasteiger partial charge is 0.307 e. The normalized spacial score (nSPS) is 21.5. The number of rotatable bonds is 7. The van der Waals surface area contributed by atoms with Gasteiger partial charge in [0.05, 0.1) is 18.4 Å². The van der Waals surface area contributed by atoms with Gasteiger partial charge in [-0.15, -0.1) is 0 Å². The van der Waals surface area contributed by atoms with Crippen LogP contribution in [0.2, 0.25) is 0 Å². The van der Waals surface area contributed by atoms with Crippen LogP contribution in [0.1, 0.15) is 26.2 Å². The highest BCUT2D eigenvalue weighted by molar-refractivity contribution is 5.86. The quantitative estimate of drug-likeness (QED) is 0.809. The van der Waals surface area contributed by atoms with E-state index < -0.39 is 17.8 Å². The number of nitrogens with one attached hydrogen (secondary N) is 1. The van der Waals surface area contributed by atoms with Gasteiger partial charge >= 0.3 is 5.97 Å². The number of aliphatic carboxylic acids is 1. The lowest BCUT2D eigenvalue weighted by molar-refractivity contribution is -0.152. The Balaban J connectivity index is 1.83. The maximum Gasteiger partial charge on any atom is 0.307 e. The lowest BCUT2D eigenvalue weighted by atomic mass is 9.73. The molecule has 1 aromatic rings. The minimum atomic E-state index is -0.922. The number of amides is 1. The van der Waals surface area contributed by atoms with Crippen molar-refractivity contribution in [3.63, 3.8) is 0 Å². The fourth-order valence-corrected chi connectivity index (χ4v) is 2.46. The zero-order valence-corrected chi connectivity index (χ0v) is 12.4. The molecule has 0 saturated heterocycles. The molecule has 0 aromatic heterocycles. The second-order valence-corrected chi connectivity index (χ2v) is 5.48. The van der Waals surface area contributed by atoms with E-state index in [0.29, 0.717) is 25.0 Å². The number of carboxylic acids is 1. The van der Waals surface area contributed by atoms with E-state index in [2.05, 4.69) is 5.32 Å². The molecule has 6 heteroatoms. The summed E-state index contributed by atoms with van der Waals surface area (Å²) >= 11 is 0. The second kappa shape index (κ2) is 7.24. The molecule has 3 atom stereocenters. The molecule has 1 amide bonds. The van der Waals surface area contributed by atoms with Crippen LogP contribution in [-0.2, 0) is 9.59 Å². The minimum Gasteiger partial charge on any atom is -0.489 e. The Morgan fingerprint density at radius 3 is 2.68 bits per heavy atom. The standard InChI is InChI=1S/C16H20FNO4/c1-2-11(22-12-5-3-4-10(17)8-12)9-18-15(19)13-6-7-14(13)16(20)21/h3-5,8,11,13-14H,2,6-7,9H2,1H3,(H,18,19)(H,20,21). The molecule has 120 valence electrons. The summed E-state index contributed by atoms with van der Waals surface area (Å²) in [5, 5.41) is 11.7. The van der Waals surface area contributed by atoms with Crippen molar-refractivity contribution in [3.8, 4) is 5.75 Å². The van der Waals surface area contributed by atoms with Crippen LogP contribution >= 0.6 is 0 Å². The maximum absolute atomic E-state index is 13.1. The van der Waals surface area contributed by atoms with Crippen LogP contribution in [0.5, 0.6) is 5.75 Å². The van der Waals surface area contributed by atoms with Gasteiger partial charge in [-0.1, -0.05) is 13.0 Å². The van der Waals surface area contributed by atoms with E-state index in [9.17, 15) is 14.0 Å². The van der Waals surface area contributed by atoms with Gasteiger partial charge in [-0.3, -0.25) is 9.59 Å². The molecule has 0 aliphatic heterocycles. The van der Waals surface area contributed by atoms with E-state index in [0.717, 1.165) is 0 Å². The number of halogens is 1. The number of benzene rings is 1. The van der Waals surface area contributed by atoms with E-state index in [1.807, 2.05) is 6.92 Å². The van der Waals surface area contributed by atoms with Crippen molar-refractivity contribution in [1.29, 1.82) is 0 Å². The molecule has 0 spiro atoms. The van der Waals surface area contributed by atoms with Crippen molar-refractivity contribution in [2.24, 2.45) is 11.8 Å². The van der Waals surface area contributed by atoms with E-state index in [4.69, 9.17) is 9.84 Å². The van der Waals surface area contributed by atoms with E-state index in [-0.39, 0.29) is 24.4 Å². The van der Waals surface area contributed by atoms with Crippen LogP contribution in [0.4, 0.5) is 4.39 Å². The first-order chi connectivity index (χ1) is 10.5. The van der Waals surface area contributed by atoms with E-state index in [1.54, 1.807) is 12.1 Å². The second-order valence-electron chi connectivity index (χ2n) is 5.48. The fraction of sp³-hybridized carbons (Fsp3) is 0.500. The molecule has 0 heterocycles. The van der Waals surface area contributed by atoms with E-state index in [1.165, 1.54) is 12.1 Å². The highest BCUT2D eigenvalue weighted by Crippen LogP contribution is 2.34. The molecule has 1 aliphatic carbocycles. The highest BCUT2D eigenvalue weighted by atomic mass is 19.1. The van der Waals surface area contributed by atoms with Crippen LogP contribution < -0.4 is 10.1 Å². The third-order valence-corrected chi connectivity index (χ3v) is 3.99. The number of carboxylic acid groups (broad SMARTS) is 1. The van der Waals surface area contributed by atoms with Gasteiger partial charge < -0.3 is 15.2 Å². The first-order valence-electron chi connectivity index (χ1n) is 7.44. The van der Waals surface area contributed by atoms with Gasteiger partial charge in [0.1, 0.15) is 17.7 Å². The molecule has 2 N–H and O–H groups in total. The fourth-order valence-electron chi connectivity index (χ4n) is 2.46. The maximum atomic E-state index is 13.1. The van der Waals surface area contributed by atoms with Gasteiger partial charge in [0.25, 0.3) is 0 Å². The molecule has 2 rings (SSSR count). The summed E-state index contributed by atoms with van der Waals surface area (Å²) in [5.41, 5.74) is 0. The molecule has 1 aromatic carbocycles. The Hall–Kier alpha value is -2.11. The van der Waals surface area contributed by atoms with Crippen molar-refractivity contribution in [2.75, 3.05) is 6.54 Å². The average Bonchev–Trinajstić information content (AvgIpc) is 2.41. The van der Waals surface area contributed by atoms with Crippen LogP contribution in [-0.4, -0.2) is 29.6 Å². The molecule has 0 bridgehead atoms. The third-order valence-electron chi connectivity index (χ3n) is 3.99. The number of ether oxygens (including phenoxy) is 1. The first-order valence-corrected chi connectivity index (χ1v) is 7.44. The van der Waals surface area contributed by atoms with Crippen LogP contribution in [0.3, 0.4) is 0 Å². The van der Waals surface area contributed by atoms with Crippen molar-refractivity contribution >= 4 is 11.9 Å². The Morgan fingerprint density at radius 1 is 1.41 bits per heavy atom. The van der Waals surface area contributed by atoms with Gasteiger partial charge in [-0.25, -0.2) is 4.39 Å². The predicted octanol–water partition coefficient (Wildman–Crippen LogP) is 2.21. The molecule has 5 nitrogen and oxygen atoms in total. The SMILES string of the molecule is CCC(CNC(=O)C1CCC1C(=O)O)Oc1cccc(F)c1. The lowest BCUT2D eigenvalue weighted by Crippen LogP contribution is -2.46. The summed E-state index contributed by atoms with van der Waals surface area (Å²) in [6, 6.07) is 5.83. The van der Waals surface area contributed by atoms with Gasteiger partial charge in [-0.2, -0.15) is 0 Å². The molecule has 1 aliphatic rings. The Kier molecular flexibility index (Phi) is 5.35. The predicted molar refractivity (Wildman–Crippen MR) is 78.0 cm³/mol. The van der Waals surface area contributed by atoms with Gasteiger partial charge in [-0.05, 0) is 31.4 Å². The third kappa shape index (κ3) is 3.96. The highest BCUT2D eigenvalue weighted by Gasteiger charge is 2.41. The summed E-state index contributed by atoms with van der Waals surface area (Å²) in [6.07, 6.45) is 1.51. The van der Waals surface area contributed by atoms with Crippen LogP contribution in [0.25, 0.3) is 0 Å². The molecular formula is C16H20FNO4. The Labute approximate surface area is 128 Å². The largest absolute Gasteiger partial charge is 0.489 e. The van der Waals surface area contributed by atoms with Gasteiger partial charge in [0, 0.05) is 6.07 Å². The van der Waals surface area contributed by atoms with Crippen molar-refractivity contribution in [2.45, 2.75) is 32.3 Å². The molecule has 1 fully saturated rings. The molecule has 22 heavy (non-hydrogen) atoms. The first kappa shape index (κ1) is 16.3. The molecule has 0 radical (unpaired) electrons. The number of carbonyl (C=O) groups excluding carboxylic acids is 1. The summed E-state index contributed by atoms with van der Waals surface area (Å²) in [7, 11) is 0. The summed E-state index contributed by atoms with van der Waals surface area (Å²) in [6.45, 7) is 2.17. The number of hydrogen-bond acceptors (Lipinski definition) is 3. The zero-order chi connectivity index (χ0) is 16.1. The average molecular weight is 309 g/mol. The Bertz CT molecular complexity index is 549. The van der Waals surface area contributed by atoms with Gasteiger partial charge in [0.2, 0.25) is 5.91 Å². The molecule has 3 unspecified atom stereocenters. The van der Waals surface area contributed by atoms with Crippen molar-refractivity contribution in [1.82, 2.24) is 5.32 Å². The minimum absolute atomic E-state index is 0.250. The van der Waals surface area contributed by atoms with Crippen LogP contribution in [0.15, 0.2) is 24.3 Å². The topological polar surface area (TPSA) is 75.6 Å². The number of carbonyl (C=O) groups is 2. The monoisotopic (exact) mass is 309 g/mol. The summed E-state index contributed by atoms with van der Waals surface area (Å²) < 4.78 is 18.7. The van der Waals surface area contributed by atoms with Gasteiger partial charge in [0.15, 0.2) is 0 Å². The Morgan fingerprint density at radius 2 is 2.14 bits per heavy atom. The van der Waals surface area contributed by atoms with Crippen LogP contribution in [0, 0.1) is 17.7 Å². The van der Waals surface area contributed by atoms with E-state index >= 15 is 0 Å².